The number of aromatic nitrogens is 6. The van der Waals surface area contributed by atoms with Gasteiger partial charge in [0.2, 0.25) is 5.89 Å². The first kappa shape index (κ1) is 18.5. The van der Waals surface area contributed by atoms with E-state index in [0.29, 0.717) is 18.5 Å². The Bertz CT molecular complexity index is 1010. The Morgan fingerprint density at radius 3 is 2.66 bits per heavy atom. The number of likely N-dealkylation sites (N-methyl/N-ethyl adjacent to an activating group) is 1. The molecular weight excluding hydrogens is 368 g/mol. The summed E-state index contributed by atoms with van der Waals surface area (Å²) in [6, 6.07) is 4.46. The second kappa shape index (κ2) is 6.76. The number of hydrogen-bond donors (Lipinski definition) is 0. The van der Waals surface area contributed by atoms with Crippen LogP contribution in [0, 0.1) is 0 Å². The van der Waals surface area contributed by atoms with Gasteiger partial charge < -0.3 is 9.42 Å². The van der Waals surface area contributed by atoms with E-state index >= 15 is 0 Å². The average Bonchev–Trinajstić information content (AvgIpc) is 3.18. The molecule has 29 heavy (non-hydrogen) atoms. The van der Waals surface area contributed by atoms with Gasteiger partial charge in [-0.2, -0.15) is 9.50 Å². The van der Waals surface area contributed by atoms with Gasteiger partial charge in [-0.3, -0.25) is 4.90 Å². The van der Waals surface area contributed by atoms with Gasteiger partial charge >= 0.3 is 0 Å². The Kier molecular flexibility index (Phi) is 4.31. The summed E-state index contributed by atoms with van der Waals surface area (Å²) in [7, 11) is 2.12. The van der Waals surface area contributed by atoms with Crippen molar-refractivity contribution in [1.82, 2.24) is 34.9 Å². The monoisotopic (exact) mass is 396 g/mol. The third-order valence-corrected chi connectivity index (χ3v) is 6.06. The maximum atomic E-state index is 5.44. The van der Waals surface area contributed by atoms with E-state index < -0.39 is 0 Å². The standard InChI is InChI=1S/C20H28N8O/c1-20(2,3)19-23-22-16-8-9-17(24-28(16)19)27-10-14(11-27)26(4)12-15-21-18(29-25-15)13-6-5-7-13/h8-9,13-14H,5-7,10-12H2,1-4H3. The van der Waals surface area contributed by atoms with E-state index in [1.807, 2.05) is 16.6 Å². The summed E-state index contributed by atoms with van der Waals surface area (Å²) in [5, 5.41) is 17.5. The summed E-state index contributed by atoms with van der Waals surface area (Å²) < 4.78 is 7.31. The van der Waals surface area contributed by atoms with Crippen LogP contribution in [0.1, 0.15) is 63.5 Å². The fraction of sp³-hybridized carbons (Fsp3) is 0.650. The van der Waals surface area contributed by atoms with E-state index in [0.717, 1.165) is 42.1 Å². The third-order valence-electron chi connectivity index (χ3n) is 6.06. The molecule has 0 radical (unpaired) electrons. The highest BCUT2D eigenvalue weighted by atomic mass is 16.5. The Hall–Kier alpha value is -2.55. The molecular formula is C20H28N8O. The molecule has 154 valence electrons. The number of fused-ring (bicyclic) bond motifs is 1. The zero-order chi connectivity index (χ0) is 20.2. The average molecular weight is 396 g/mol. The first-order valence-electron chi connectivity index (χ1n) is 10.4. The Balaban J connectivity index is 1.22. The maximum Gasteiger partial charge on any atom is 0.229 e. The van der Waals surface area contributed by atoms with Crippen LogP contribution in [0.2, 0.25) is 0 Å². The second-order valence-corrected chi connectivity index (χ2v) is 9.39. The van der Waals surface area contributed by atoms with Crippen LogP contribution in [0.4, 0.5) is 5.82 Å². The van der Waals surface area contributed by atoms with Gasteiger partial charge in [0.05, 0.1) is 6.54 Å². The van der Waals surface area contributed by atoms with E-state index in [2.05, 4.69) is 58.0 Å². The molecule has 1 aliphatic heterocycles. The summed E-state index contributed by atoms with van der Waals surface area (Å²) in [6.45, 7) is 8.94. The van der Waals surface area contributed by atoms with Crippen LogP contribution in [0.3, 0.4) is 0 Å². The van der Waals surface area contributed by atoms with Crippen LogP contribution in [0.15, 0.2) is 16.7 Å². The van der Waals surface area contributed by atoms with Crippen molar-refractivity contribution in [2.45, 2.75) is 64.0 Å². The lowest BCUT2D eigenvalue weighted by molar-refractivity contribution is 0.190. The van der Waals surface area contributed by atoms with Crippen molar-refractivity contribution in [1.29, 1.82) is 0 Å². The molecule has 1 saturated carbocycles. The third kappa shape index (κ3) is 3.37. The van der Waals surface area contributed by atoms with Gasteiger partial charge in [-0.05, 0) is 32.0 Å². The van der Waals surface area contributed by atoms with E-state index in [4.69, 9.17) is 9.62 Å². The quantitative estimate of drug-likeness (QED) is 0.650. The molecule has 3 aromatic rings. The molecule has 0 unspecified atom stereocenters. The highest BCUT2D eigenvalue weighted by Gasteiger charge is 2.33. The Labute approximate surface area is 170 Å². The van der Waals surface area contributed by atoms with Gasteiger partial charge in [-0.25, -0.2) is 0 Å². The molecule has 0 spiro atoms. The predicted molar refractivity (Wildman–Crippen MR) is 108 cm³/mol. The summed E-state index contributed by atoms with van der Waals surface area (Å²) in [6.07, 6.45) is 3.62. The molecule has 9 heteroatoms. The van der Waals surface area contributed by atoms with E-state index in [1.54, 1.807) is 0 Å². The van der Waals surface area contributed by atoms with Crippen molar-refractivity contribution in [3.8, 4) is 0 Å². The fourth-order valence-corrected chi connectivity index (χ4v) is 3.84. The molecule has 2 fully saturated rings. The molecule has 2 aliphatic rings. The Morgan fingerprint density at radius 2 is 1.97 bits per heavy atom. The van der Waals surface area contributed by atoms with Crippen LogP contribution in [0.5, 0.6) is 0 Å². The van der Waals surface area contributed by atoms with Gasteiger partial charge in [0.1, 0.15) is 5.82 Å². The molecule has 4 heterocycles. The number of hydrogen-bond acceptors (Lipinski definition) is 8. The Morgan fingerprint density at radius 1 is 1.17 bits per heavy atom. The normalized spacial score (nSPS) is 18.4. The van der Waals surface area contributed by atoms with Crippen LogP contribution in [0.25, 0.3) is 5.65 Å². The molecule has 1 saturated heterocycles. The fourth-order valence-electron chi connectivity index (χ4n) is 3.84. The van der Waals surface area contributed by atoms with Crippen molar-refractivity contribution < 1.29 is 4.52 Å². The highest BCUT2D eigenvalue weighted by molar-refractivity contribution is 5.48. The molecule has 0 amide bonds. The molecule has 0 atom stereocenters. The minimum atomic E-state index is -0.105. The zero-order valence-corrected chi connectivity index (χ0v) is 17.5. The van der Waals surface area contributed by atoms with Crippen molar-refractivity contribution in [2.75, 3.05) is 25.0 Å². The molecule has 0 N–H and O–H groups in total. The topological polar surface area (TPSA) is 88.5 Å². The van der Waals surface area contributed by atoms with Crippen molar-refractivity contribution in [2.24, 2.45) is 0 Å². The lowest BCUT2D eigenvalue weighted by Gasteiger charge is -2.44. The van der Waals surface area contributed by atoms with Gasteiger partial charge in [-0.1, -0.05) is 32.3 Å². The van der Waals surface area contributed by atoms with Crippen LogP contribution >= 0.6 is 0 Å². The molecule has 5 rings (SSSR count). The van der Waals surface area contributed by atoms with E-state index in [-0.39, 0.29) is 5.41 Å². The minimum Gasteiger partial charge on any atom is -0.352 e. The molecule has 3 aromatic heterocycles. The number of rotatable bonds is 5. The van der Waals surface area contributed by atoms with E-state index in [9.17, 15) is 0 Å². The number of nitrogens with zero attached hydrogens (tertiary/aromatic N) is 8. The predicted octanol–water partition coefficient (Wildman–Crippen LogP) is 2.39. The number of anilines is 1. The van der Waals surface area contributed by atoms with Gasteiger partial charge in [0.25, 0.3) is 0 Å². The van der Waals surface area contributed by atoms with Gasteiger partial charge in [0.15, 0.2) is 17.3 Å². The molecule has 0 bridgehead atoms. The highest BCUT2D eigenvalue weighted by Crippen LogP contribution is 2.35. The van der Waals surface area contributed by atoms with Crippen molar-refractivity contribution >= 4 is 11.5 Å². The lowest BCUT2D eigenvalue weighted by atomic mass is 9.85. The SMILES string of the molecule is CN(Cc1noc(C2CCC2)n1)C1CN(c2ccc3nnc(C(C)(C)C)n3n2)C1. The van der Waals surface area contributed by atoms with Crippen LogP contribution in [-0.2, 0) is 12.0 Å². The summed E-state index contributed by atoms with van der Waals surface area (Å²) in [5.41, 5.74) is 0.679. The van der Waals surface area contributed by atoms with Crippen LogP contribution in [-0.4, -0.2) is 61.0 Å². The second-order valence-electron chi connectivity index (χ2n) is 9.39. The minimum absolute atomic E-state index is 0.105. The zero-order valence-electron chi connectivity index (χ0n) is 17.5. The first-order valence-corrected chi connectivity index (χ1v) is 10.4. The first-order chi connectivity index (χ1) is 13.9. The molecule has 9 nitrogen and oxygen atoms in total. The van der Waals surface area contributed by atoms with E-state index in [1.165, 1.54) is 19.3 Å². The maximum absolute atomic E-state index is 5.44. The molecule has 1 aliphatic carbocycles. The summed E-state index contributed by atoms with van der Waals surface area (Å²) in [5.74, 6) is 3.92. The largest absolute Gasteiger partial charge is 0.352 e. The molecule has 0 aromatic carbocycles. The van der Waals surface area contributed by atoms with Crippen LogP contribution < -0.4 is 4.90 Å². The lowest BCUT2D eigenvalue weighted by Crippen LogP contribution is -2.58. The van der Waals surface area contributed by atoms with Crippen molar-refractivity contribution in [3.05, 3.63) is 29.7 Å². The van der Waals surface area contributed by atoms with Gasteiger partial charge in [0, 0.05) is 30.5 Å². The summed E-state index contributed by atoms with van der Waals surface area (Å²) >= 11 is 0. The van der Waals surface area contributed by atoms with Crippen molar-refractivity contribution in [3.63, 3.8) is 0 Å². The smallest absolute Gasteiger partial charge is 0.229 e. The summed E-state index contributed by atoms with van der Waals surface area (Å²) in [4.78, 5) is 9.16. The van der Waals surface area contributed by atoms with Gasteiger partial charge in [-0.15, -0.1) is 15.3 Å².